The van der Waals surface area contributed by atoms with Crippen molar-refractivity contribution < 1.29 is 4.74 Å². The number of para-hydroxylation sites is 1. The van der Waals surface area contributed by atoms with Gasteiger partial charge in [0.15, 0.2) is 12.4 Å². The van der Waals surface area contributed by atoms with Crippen LogP contribution in [-0.4, -0.2) is 29.4 Å². The largest absolute Gasteiger partial charge is 0.470 e. The molecule has 0 aliphatic rings. The summed E-state index contributed by atoms with van der Waals surface area (Å²) in [6.45, 7) is 0.178. The van der Waals surface area contributed by atoms with E-state index < -0.39 is 0 Å². The summed E-state index contributed by atoms with van der Waals surface area (Å²) < 4.78 is 8.98. The van der Waals surface area contributed by atoms with Crippen molar-refractivity contribution in [1.29, 1.82) is 0 Å². The molecule has 5 rings (SSSR count). The van der Waals surface area contributed by atoms with Gasteiger partial charge in [-0.3, -0.25) is 0 Å². The van der Waals surface area contributed by atoms with Gasteiger partial charge in [-0.15, -0.1) is 5.10 Å². The number of halogens is 2. The molecule has 0 amide bonds. The second-order valence-electron chi connectivity index (χ2n) is 6.03. The van der Waals surface area contributed by atoms with Crippen LogP contribution < -0.4 is 4.74 Å². The fraction of sp³-hybridized carbons (Fsp3) is 0.0526. The van der Waals surface area contributed by atoms with E-state index in [1.54, 1.807) is 39.9 Å². The zero-order valence-corrected chi connectivity index (χ0v) is 15.8. The molecule has 9 heteroatoms. The summed E-state index contributed by atoms with van der Waals surface area (Å²) in [5, 5.41) is 10.7. The van der Waals surface area contributed by atoms with E-state index in [0.717, 1.165) is 16.6 Å². The lowest BCUT2D eigenvalue weighted by Crippen LogP contribution is -2.06. The number of ether oxygens (including phenoxy) is 1. The van der Waals surface area contributed by atoms with Crippen LogP contribution in [0, 0.1) is 0 Å². The van der Waals surface area contributed by atoms with Gasteiger partial charge in [-0.25, -0.2) is 19.2 Å². The van der Waals surface area contributed by atoms with Gasteiger partial charge in [0.25, 0.3) is 0 Å². The first-order valence-electron chi connectivity index (χ1n) is 8.40. The van der Waals surface area contributed by atoms with E-state index in [2.05, 4.69) is 20.2 Å². The first-order valence-corrected chi connectivity index (χ1v) is 9.15. The van der Waals surface area contributed by atoms with E-state index in [1.165, 1.54) is 0 Å². The molecule has 0 aliphatic heterocycles. The Hall–Kier alpha value is -3.16. The average molecular weight is 411 g/mol. The average Bonchev–Trinajstić information content (AvgIpc) is 3.36. The molecule has 5 aromatic rings. The van der Waals surface area contributed by atoms with E-state index in [4.69, 9.17) is 27.9 Å². The van der Waals surface area contributed by atoms with Crippen LogP contribution in [0.25, 0.3) is 28.1 Å². The monoisotopic (exact) mass is 410 g/mol. The Bertz CT molecular complexity index is 1310. The minimum atomic E-state index is 0.178. The van der Waals surface area contributed by atoms with Crippen molar-refractivity contribution >= 4 is 39.8 Å². The molecule has 0 saturated carbocycles. The van der Waals surface area contributed by atoms with Crippen molar-refractivity contribution in [3.63, 3.8) is 0 Å². The van der Waals surface area contributed by atoms with Crippen LogP contribution >= 0.6 is 23.2 Å². The zero-order valence-electron chi connectivity index (χ0n) is 14.3. The topological polar surface area (TPSA) is 70.1 Å². The van der Waals surface area contributed by atoms with E-state index in [9.17, 15) is 0 Å². The van der Waals surface area contributed by atoms with Crippen molar-refractivity contribution in [2.24, 2.45) is 0 Å². The van der Waals surface area contributed by atoms with Gasteiger partial charge in [-0.1, -0.05) is 41.4 Å². The number of benzene rings is 2. The highest BCUT2D eigenvalue weighted by molar-refractivity contribution is 6.42. The molecule has 7 nitrogen and oxygen atoms in total. The third kappa shape index (κ3) is 2.94. The number of nitrogens with zero attached hydrogens (tertiary/aromatic N) is 6. The summed E-state index contributed by atoms with van der Waals surface area (Å²) in [6.07, 6.45) is 3.44. The van der Waals surface area contributed by atoms with Crippen LogP contribution in [0.3, 0.4) is 0 Å². The lowest BCUT2D eigenvalue weighted by Gasteiger charge is -2.08. The highest BCUT2D eigenvalue weighted by Crippen LogP contribution is 2.31. The fourth-order valence-electron chi connectivity index (χ4n) is 2.87. The summed E-state index contributed by atoms with van der Waals surface area (Å²) in [4.78, 5) is 9.02. The van der Waals surface area contributed by atoms with Crippen molar-refractivity contribution in [2.45, 2.75) is 6.73 Å². The number of hydrogen-bond donors (Lipinski definition) is 0. The summed E-state index contributed by atoms with van der Waals surface area (Å²) in [6, 6.07) is 14.9. The van der Waals surface area contributed by atoms with Gasteiger partial charge in [0.2, 0.25) is 5.82 Å². The zero-order chi connectivity index (χ0) is 19.1. The Morgan fingerprint density at radius 3 is 2.79 bits per heavy atom. The number of hydrogen-bond acceptors (Lipinski definition) is 5. The third-order valence-corrected chi connectivity index (χ3v) is 5.02. The van der Waals surface area contributed by atoms with Crippen LogP contribution in [-0.2, 0) is 6.73 Å². The predicted molar refractivity (Wildman–Crippen MR) is 107 cm³/mol. The second kappa shape index (κ2) is 6.78. The summed E-state index contributed by atoms with van der Waals surface area (Å²) in [7, 11) is 0. The Balaban J connectivity index is 1.43. The van der Waals surface area contributed by atoms with Gasteiger partial charge in [0.1, 0.15) is 22.8 Å². The molecule has 0 spiro atoms. The molecule has 3 heterocycles. The quantitative estimate of drug-likeness (QED) is 0.436. The SMILES string of the molecule is Clc1cccc(OCn2ccc(-c3nc4c5ccccc5ncn4n3)n2)c1Cl. The fourth-order valence-corrected chi connectivity index (χ4v) is 3.22. The van der Waals surface area contributed by atoms with Crippen LogP contribution in [0.1, 0.15) is 0 Å². The molecule has 0 saturated heterocycles. The first-order chi connectivity index (χ1) is 13.7. The van der Waals surface area contributed by atoms with Gasteiger partial charge in [-0.2, -0.15) is 5.10 Å². The number of fused-ring (bicyclic) bond motifs is 3. The molecule has 0 bridgehead atoms. The van der Waals surface area contributed by atoms with E-state index >= 15 is 0 Å². The molecule has 0 N–H and O–H groups in total. The third-order valence-electron chi connectivity index (χ3n) is 4.22. The molecule has 0 radical (unpaired) electrons. The Labute approximate surface area is 169 Å². The van der Waals surface area contributed by atoms with Crippen molar-refractivity contribution in [3.05, 3.63) is 71.1 Å². The van der Waals surface area contributed by atoms with Gasteiger partial charge >= 0.3 is 0 Å². The standard InChI is InChI=1S/C19H12Cl2N6O/c20-13-5-3-7-16(17(13)21)28-11-26-9-8-15(24-26)18-23-19-12-4-1-2-6-14(12)22-10-27(19)25-18/h1-10H,11H2. The minimum absolute atomic E-state index is 0.178. The maximum Gasteiger partial charge on any atom is 0.202 e. The van der Waals surface area contributed by atoms with Gasteiger partial charge in [-0.05, 0) is 30.3 Å². The van der Waals surface area contributed by atoms with Gasteiger partial charge in [0.05, 0.1) is 10.5 Å². The molecule has 0 aliphatic carbocycles. The molecule has 28 heavy (non-hydrogen) atoms. The number of aromatic nitrogens is 6. The molecule has 0 fully saturated rings. The number of rotatable bonds is 4. The van der Waals surface area contributed by atoms with Crippen molar-refractivity contribution in [3.8, 4) is 17.3 Å². The maximum atomic E-state index is 6.14. The molecule has 3 aromatic heterocycles. The summed E-state index contributed by atoms with van der Waals surface area (Å²) in [5.74, 6) is 1.01. The Morgan fingerprint density at radius 1 is 0.964 bits per heavy atom. The van der Waals surface area contributed by atoms with E-state index in [1.807, 2.05) is 30.3 Å². The predicted octanol–water partition coefficient (Wildman–Crippen LogP) is 4.48. The van der Waals surface area contributed by atoms with Crippen LogP contribution in [0.2, 0.25) is 10.0 Å². The normalized spacial score (nSPS) is 11.4. The lowest BCUT2D eigenvalue weighted by molar-refractivity contribution is 0.221. The van der Waals surface area contributed by atoms with Crippen LogP contribution in [0.5, 0.6) is 5.75 Å². The highest BCUT2D eigenvalue weighted by Gasteiger charge is 2.13. The summed E-state index contributed by atoms with van der Waals surface area (Å²) >= 11 is 12.1. The minimum Gasteiger partial charge on any atom is -0.470 e. The van der Waals surface area contributed by atoms with Crippen LogP contribution in [0.15, 0.2) is 61.1 Å². The van der Waals surface area contributed by atoms with E-state index in [0.29, 0.717) is 27.3 Å². The first kappa shape index (κ1) is 17.0. The van der Waals surface area contributed by atoms with E-state index in [-0.39, 0.29) is 6.73 Å². The molecule has 138 valence electrons. The maximum absolute atomic E-state index is 6.14. The molecule has 2 aromatic carbocycles. The Morgan fingerprint density at radius 2 is 1.86 bits per heavy atom. The van der Waals surface area contributed by atoms with Crippen molar-refractivity contribution in [1.82, 2.24) is 29.4 Å². The highest BCUT2D eigenvalue weighted by atomic mass is 35.5. The lowest BCUT2D eigenvalue weighted by atomic mass is 10.2. The summed E-state index contributed by atoms with van der Waals surface area (Å²) in [5.41, 5.74) is 2.23. The molecule has 0 unspecified atom stereocenters. The smallest absolute Gasteiger partial charge is 0.202 e. The molecule has 0 atom stereocenters. The second-order valence-corrected chi connectivity index (χ2v) is 6.82. The molecular weight excluding hydrogens is 399 g/mol. The Kier molecular flexibility index (Phi) is 4.11. The molecular formula is C19H12Cl2N6O. The van der Waals surface area contributed by atoms with Gasteiger partial charge < -0.3 is 4.74 Å². The van der Waals surface area contributed by atoms with Crippen molar-refractivity contribution in [2.75, 3.05) is 0 Å². The van der Waals surface area contributed by atoms with Crippen LogP contribution in [0.4, 0.5) is 0 Å². The van der Waals surface area contributed by atoms with Gasteiger partial charge in [0, 0.05) is 11.6 Å².